The SMILES string of the molecule is CN1CC(=O)N(CCO)c2cc(C#N)ccc21. The number of carbonyl (C=O) groups excluding carboxylic acids is 1. The largest absolute Gasteiger partial charge is 0.395 e. The van der Waals surface area contributed by atoms with E-state index in [4.69, 9.17) is 10.4 Å². The molecular weight excluding hydrogens is 218 g/mol. The van der Waals surface area contributed by atoms with Crippen molar-refractivity contribution in [1.82, 2.24) is 0 Å². The van der Waals surface area contributed by atoms with Gasteiger partial charge in [-0.25, -0.2) is 0 Å². The molecule has 0 saturated carbocycles. The molecule has 88 valence electrons. The Kier molecular flexibility index (Phi) is 2.98. The van der Waals surface area contributed by atoms with Gasteiger partial charge in [-0.15, -0.1) is 0 Å². The van der Waals surface area contributed by atoms with Crippen LogP contribution >= 0.6 is 0 Å². The Morgan fingerprint density at radius 1 is 1.47 bits per heavy atom. The Hall–Kier alpha value is -2.06. The molecule has 5 heteroatoms. The summed E-state index contributed by atoms with van der Waals surface area (Å²) in [4.78, 5) is 15.2. The molecule has 1 N–H and O–H groups in total. The number of likely N-dealkylation sites (N-methyl/N-ethyl adjacent to an activating group) is 1. The summed E-state index contributed by atoms with van der Waals surface area (Å²) in [7, 11) is 1.83. The van der Waals surface area contributed by atoms with E-state index >= 15 is 0 Å². The van der Waals surface area contributed by atoms with E-state index in [0.29, 0.717) is 17.8 Å². The van der Waals surface area contributed by atoms with Crippen molar-refractivity contribution >= 4 is 17.3 Å². The fourth-order valence-corrected chi connectivity index (χ4v) is 1.98. The van der Waals surface area contributed by atoms with E-state index in [2.05, 4.69) is 6.07 Å². The lowest BCUT2D eigenvalue weighted by Crippen LogP contribution is -2.45. The normalized spacial score (nSPS) is 14.5. The van der Waals surface area contributed by atoms with Crippen molar-refractivity contribution in [1.29, 1.82) is 5.26 Å². The van der Waals surface area contributed by atoms with Gasteiger partial charge in [-0.2, -0.15) is 5.26 Å². The number of anilines is 2. The highest BCUT2D eigenvalue weighted by Crippen LogP contribution is 2.33. The van der Waals surface area contributed by atoms with E-state index in [1.807, 2.05) is 18.0 Å². The van der Waals surface area contributed by atoms with Crippen LogP contribution < -0.4 is 9.80 Å². The van der Waals surface area contributed by atoms with Gasteiger partial charge in [0.15, 0.2) is 0 Å². The van der Waals surface area contributed by atoms with Gasteiger partial charge in [0.05, 0.1) is 36.2 Å². The fraction of sp³-hybridized carbons (Fsp3) is 0.333. The minimum absolute atomic E-state index is 0.0656. The van der Waals surface area contributed by atoms with Gasteiger partial charge < -0.3 is 14.9 Å². The van der Waals surface area contributed by atoms with Gasteiger partial charge in [-0.3, -0.25) is 4.79 Å². The van der Waals surface area contributed by atoms with Crippen LogP contribution in [0.25, 0.3) is 0 Å². The predicted molar refractivity (Wildman–Crippen MR) is 63.9 cm³/mol. The minimum Gasteiger partial charge on any atom is -0.395 e. The van der Waals surface area contributed by atoms with Gasteiger partial charge in [0.2, 0.25) is 5.91 Å². The number of nitriles is 1. The van der Waals surface area contributed by atoms with Crippen molar-refractivity contribution in [3.8, 4) is 6.07 Å². The van der Waals surface area contributed by atoms with Crippen molar-refractivity contribution in [3.63, 3.8) is 0 Å². The van der Waals surface area contributed by atoms with Gasteiger partial charge >= 0.3 is 0 Å². The van der Waals surface area contributed by atoms with Crippen molar-refractivity contribution in [3.05, 3.63) is 23.8 Å². The van der Waals surface area contributed by atoms with E-state index in [1.54, 1.807) is 12.1 Å². The average Bonchev–Trinajstić information content (AvgIpc) is 2.33. The maximum atomic E-state index is 11.8. The number of hydrogen-bond donors (Lipinski definition) is 1. The second-order valence-corrected chi connectivity index (χ2v) is 3.94. The average molecular weight is 231 g/mol. The molecule has 1 aromatic carbocycles. The molecule has 0 spiro atoms. The first-order chi connectivity index (χ1) is 8.17. The molecule has 17 heavy (non-hydrogen) atoms. The lowest BCUT2D eigenvalue weighted by Gasteiger charge is -2.35. The summed E-state index contributed by atoms with van der Waals surface area (Å²) in [5, 5.41) is 17.9. The van der Waals surface area contributed by atoms with Crippen molar-refractivity contribution in [2.75, 3.05) is 36.5 Å². The fourth-order valence-electron chi connectivity index (χ4n) is 1.98. The lowest BCUT2D eigenvalue weighted by molar-refractivity contribution is -0.117. The second-order valence-electron chi connectivity index (χ2n) is 3.94. The molecule has 1 aliphatic heterocycles. The molecule has 1 aromatic rings. The zero-order valence-electron chi connectivity index (χ0n) is 9.55. The number of benzene rings is 1. The summed E-state index contributed by atoms with van der Waals surface area (Å²) in [6.45, 7) is 0.457. The first-order valence-corrected chi connectivity index (χ1v) is 5.34. The third kappa shape index (κ3) is 1.95. The van der Waals surface area contributed by atoms with Gasteiger partial charge in [-0.1, -0.05) is 0 Å². The van der Waals surface area contributed by atoms with E-state index in [0.717, 1.165) is 5.69 Å². The first-order valence-electron chi connectivity index (χ1n) is 5.34. The number of β-amino-alcohol motifs (C(OH)–C–C–N with tert-alkyl or cyclic N) is 1. The van der Waals surface area contributed by atoms with Gasteiger partial charge in [0.25, 0.3) is 0 Å². The summed E-state index contributed by atoms with van der Waals surface area (Å²) in [5.74, 6) is -0.0656. The van der Waals surface area contributed by atoms with E-state index in [9.17, 15) is 4.79 Å². The third-order valence-electron chi connectivity index (χ3n) is 2.80. The maximum Gasteiger partial charge on any atom is 0.246 e. The standard InChI is InChI=1S/C12H13N3O2/c1-14-8-12(17)15(4-5-16)11-6-9(7-13)2-3-10(11)14/h2-3,6,16H,4-5,8H2,1H3. The lowest BCUT2D eigenvalue weighted by atomic mass is 10.1. The molecular formula is C12H13N3O2. The molecule has 0 bridgehead atoms. The number of carbonyl (C=O) groups is 1. The highest BCUT2D eigenvalue weighted by atomic mass is 16.3. The van der Waals surface area contributed by atoms with Gasteiger partial charge in [0.1, 0.15) is 0 Å². The molecule has 5 nitrogen and oxygen atoms in total. The van der Waals surface area contributed by atoms with Crippen LogP contribution in [-0.4, -0.2) is 37.8 Å². The highest BCUT2D eigenvalue weighted by molar-refractivity contribution is 6.03. The number of fused-ring (bicyclic) bond motifs is 1. The Bertz CT molecular complexity index is 493. The number of amides is 1. The van der Waals surface area contributed by atoms with Crippen molar-refractivity contribution in [2.45, 2.75) is 0 Å². The molecule has 0 saturated heterocycles. The predicted octanol–water partition coefficient (Wildman–Crippen LogP) is 0.333. The Morgan fingerprint density at radius 2 is 2.24 bits per heavy atom. The second kappa shape index (κ2) is 4.44. The molecule has 0 atom stereocenters. The summed E-state index contributed by atoms with van der Waals surface area (Å²) in [5.41, 5.74) is 2.10. The maximum absolute atomic E-state index is 11.8. The number of aliphatic hydroxyl groups excluding tert-OH is 1. The molecule has 0 radical (unpaired) electrons. The summed E-state index contributed by atoms with van der Waals surface area (Å²) in [6.07, 6.45) is 0. The highest BCUT2D eigenvalue weighted by Gasteiger charge is 2.26. The van der Waals surface area contributed by atoms with Crippen molar-refractivity contribution in [2.24, 2.45) is 0 Å². The van der Waals surface area contributed by atoms with E-state index < -0.39 is 0 Å². The summed E-state index contributed by atoms with van der Waals surface area (Å²) >= 11 is 0. The summed E-state index contributed by atoms with van der Waals surface area (Å²) < 4.78 is 0. The van der Waals surface area contributed by atoms with Crippen LogP contribution in [0, 0.1) is 11.3 Å². The van der Waals surface area contributed by atoms with Gasteiger partial charge in [0, 0.05) is 13.6 Å². The van der Waals surface area contributed by atoms with Crippen molar-refractivity contribution < 1.29 is 9.90 Å². The minimum atomic E-state index is -0.0916. The number of hydrogen-bond acceptors (Lipinski definition) is 4. The molecule has 1 heterocycles. The Labute approximate surface area is 99.5 Å². The number of aliphatic hydroxyl groups is 1. The van der Waals surface area contributed by atoms with Crippen LogP contribution in [0.15, 0.2) is 18.2 Å². The van der Waals surface area contributed by atoms with Crippen LogP contribution in [0.4, 0.5) is 11.4 Å². The van der Waals surface area contributed by atoms with Crippen LogP contribution in [0.3, 0.4) is 0 Å². The molecule has 0 fully saturated rings. The molecule has 0 aromatic heterocycles. The zero-order chi connectivity index (χ0) is 12.4. The molecule has 0 aliphatic carbocycles. The smallest absolute Gasteiger partial charge is 0.246 e. The number of rotatable bonds is 2. The molecule has 1 aliphatic rings. The molecule has 0 unspecified atom stereocenters. The van der Waals surface area contributed by atoms with Gasteiger partial charge in [-0.05, 0) is 18.2 Å². The monoisotopic (exact) mass is 231 g/mol. The molecule has 1 amide bonds. The van der Waals surface area contributed by atoms with Crippen LogP contribution in [-0.2, 0) is 4.79 Å². The third-order valence-corrected chi connectivity index (χ3v) is 2.80. The molecule has 2 rings (SSSR count). The van der Waals surface area contributed by atoms with Crippen LogP contribution in [0.5, 0.6) is 0 Å². The Balaban J connectivity index is 2.51. The quantitative estimate of drug-likeness (QED) is 0.796. The zero-order valence-corrected chi connectivity index (χ0v) is 9.55. The first kappa shape index (κ1) is 11.4. The summed E-state index contributed by atoms with van der Waals surface area (Å²) in [6, 6.07) is 7.28. The van der Waals surface area contributed by atoms with Crippen LogP contribution in [0.2, 0.25) is 0 Å². The van der Waals surface area contributed by atoms with E-state index in [1.165, 1.54) is 4.90 Å². The van der Waals surface area contributed by atoms with Crippen LogP contribution in [0.1, 0.15) is 5.56 Å². The topological polar surface area (TPSA) is 67.6 Å². The Morgan fingerprint density at radius 3 is 2.88 bits per heavy atom. The number of nitrogens with zero attached hydrogens (tertiary/aromatic N) is 3. The van der Waals surface area contributed by atoms with E-state index in [-0.39, 0.29) is 19.1 Å².